The standard InChI is InChI=1S/C16H17N3O4/c20-14-4-3-13(6-15(14)21)23-10-11-8-19(9-11)16(22)18-12-2-1-5-17-7-12/h1-7,11,20-21H,8-10H2,(H,18,22). The number of amides is 2. The molecule has 0 bridgehead atoms. The highest BCUT2D eigenvalue weighted by Gasteiger charge is 2.31. The van der Waals surface area contributed by atoms with Gasteiger partial charge in [0.05, 0.1) is 18.5 Å². The third kappa shape index (κ3) is 3.63. The molecule has 1 saturated heterocycles. The van der Waals surface area contributed by atoms with Gasteiger partial charge in [0.15, 0.2) is 11.5 Å². The van der Waals surface area contributed by atoms with Gasteiger partial charge in [0.2, 0.25) is 0 Å². The zero-order valence-corrected chi connectivity index (χ0v) is 12.3. The van der Waals surface area contributed by atoms with Gasteiger partial charge in [-0.3, -0.25) is 4.98 Å². The second-order valence-corrected chi connectivity index (χ2v) is 5.40. The highest BCUT2D eigenvalue weighted by molar-refractivity contribution is 5.89. The van der Waals surface area contributed by atoms with Crippen LogP contribution in [0, 0.1) is 5.92 Å². The maximum atomic E-state index is 12.0. The van der Waals surface area contributed by atoms with Gasteiger partial charge in [0, 0.05) is 31.3 Å². The summed E-state index contributed by atoms with van der Waals surface area (Å²) in [5.41, 5.74) is 0.664. The molecule has 7 nitrogen and oxygen atoms in total. The Morgan fingerprint density at radius 2 is 2.13 bits per heavy atom. The van der Waals surface area contributed by atoms with Crippen LogP contribution in [0.1, 0.15) is 0 Å². The Kier molecular flexibility index (Phi) is 4.18. The molecular formula is C16H17N3O4. The molecule has 3 N–H and O–H groups in total. The van der Waals surface area contributed by atoms with Crippen LogP contribution in [-0.2, 0) is 0 Å². The van der Waals surface area contributed by atoms with Gasteiger partial charge in [-0.05, 0) is 24.3 Å². The summed E-state index contributed by atoms with van der Waals surface area (Å²) in [6, 6.07) is 7.70. The van der Waals surface area contributed by atoms with Crippen molar-refractivity contribution in [3.63, 3.8) is 0 Å². The highest BCUT2D eigenvalue weighted by atomic mass is 16.5. The first-order valence-corrected chi connectivity index (χ1v) is 7.22. The molecule has 0 spiro atoms. The van der Waals surface area contributed by atoms with Crippen LogP contribution >= 0.6 is 0 Å². The van der Waals surface area contributed by atoms with Crippen LogP contribution in [-0.4, -0.2) is 45.8 Å². The van der Waals surface area contributed by atoms with Crippen molar-refractivity contribution in [2.45, 2.75) is 0 Å². The largest absolute Gasteiger partial charge is 0.504 e. The summed E-state index contributed by atoms with van der Waals surface area (Å²) in [4.78, 5) is 17.6. The van der Waals surface area contributed by atoms with Crippen LogP contribution in [0.3, 0.4) is 0 Å². The molecule has 0 radical (unpaired) electrons. The number of anilines is 1. The first kappa shape index (κ1) is 15.0. The maximum absolute atomic E-state index is 12.0. The molecule has 1 aliphatic heterocycles. The van der Waals surface area contributed by atoms with Crippen molar-refractivity contribution in [1.82, 2.24) is 9.88 Å². The Morgan fingerprint density at radius 1 is 1.30 bits per heavy atom. The van der Waals surface area contributed by atoms with Gasteiger partial charge in [-0.2, -0.15) is 0 Å². The quantitative estimate of drug-likeness (QED) is 0.751. The van der Waals surface area contributed by atoms with Gasteiger partial charge in [0.1, 0.15) is 5.75 Å². The number of carbonyl (C=O) groups is 1. The number of hydrogen-bond acceptors (Lipinski definition) is 5. The first-order chi connectivity index (χ1) is 11.1. The topological polar surface area (TPSA) is 94.9 Å². The van der Waals surface area contributed by atoms with Crippen molar-refractivity contribution in [3.8, 4) is 17.2 Å². The SMILES string of the molecule is O=C(Nc1cccnc1)N1CC(COc2ccc(O)c(O)c2)C1. The number of hydrogen-bond donors (Lipinski definition) is 3. The minimum atomic E-state index is -0.214. The predicted molar refractivity (Wildman–Crippen MR) is 83.6 cm³/mol. The Balaban J connectivity index is 1.42. The van der Waals surface area contributed by atoms with Gasteiger partial charge in [-0.25, -0.2) is 4.79 Å². The van der Waals surface area contributed by atoms with Crippen LogP contribution in [0.2, 0.25) is 0 Å². The lowest BCUT2D eigenvalue weighted by molar-refractivity contribution is 0.0923. The van der Waals surface area contributed by atoms with Gasteiger partial charge in [0.25, 0.3) is 0 Å². The Bertz CT molecular complexity index is 687. The van der Waals surface area contributed by atoms with Gasteiger partial charge in [-0.1, -0.05) is 0 Å². The summed E-state index contributed by atoms with van der Waals surface area (Å²) < 4.78 is 5.55. The molecule has 2 amide bonds. The smallest absolute Gasteiger partial charge is 0.321 e. The number of phenolic OH excluding ortho intramolecular Hbond substituents is 2. The normalized spacial score (nSPS) is 14.2. The average molecular weight is 315 g/mol. The molecule has 1 aliphatic rings. The lowest BCUT2D eigenvalue weighted by Gasteiger charge is -2.38. The van der Waals surface area contributed by atoms with E-state index in [-0.39, 0.29) is 23.4 Å². The number of aromatic hydroxyl groups is 2. The van der Waals surface area contributed by atoms with Crippen LogP contribution < -0.4 is 10.1 Å². The summed E-state index contributed by atoms with van der Waals surface area (Å²) >= 11 is 0. The fourth-order valence-electron chi connectivity index (χ4n) is 2.29. The van der Waals surface area contributed by atoms with E-state index < -0.39 is 0 Å². The minimum absolute atomic E-state index is 0.156. The molecule has 1 aromatic carbocycles. The number of likely N-dealkylation sites (tertiary alicyclic amines) is 1. The molecule has 120 valence electrons. The number of carbonyl (C=O) groups excluding carboxylic acids is 1. The van der Waals surface area contributed by atoms with Crippen LogP contribution in [0.4, 0.5) is 10.5 Å². The summed E-state index contributed by atoms with van der Waals surface area (Å²) in [6.07, 6.45) is 3.24. The maximum Gasteiger partial charge on any atom is 0.321 e. The Morgan fingerprint density at radius 3 is 2.83 bits per heavy atom. The van der Waals surface area contributed by atoms with E-state index in [9.17, 15) is 15.0 Å². The molecule has 0 saturated carbocycles. The van der Waals surface area contributed by atoms with Crippen molar-refractivity contribution in [2.24, 2.45) is 5.92 Å². The molecule has 7 heteroatoms. The van der Waals surface area contributed by atoms with Crippen molar-refractivity contribution < 1.29 is 19.7 Å². The molecular weight excluding hydrogens is 298 g/mol. The molecule has 2 aromatic rings. The average Bonchev–Trinajstić information content (AvgIpc) is 2.50. The van der Waals surface area contributed by atoms with Crippen molar-refractivity contribution in [2.75, 3.05) is 25.0 Å². The second-order valence-electron chi connectivity index (χ2n) is 5.40. The van der Waals surface area contributed by atoms with E-state index in [2.05, 4.69) is 10.3 Å². The lowest BCUT2D eigenvalue weighted by atomic mass is 10.0. The van der Waals surface area contributed by atoms with E-state index >= 15 is 0 Å². The molecule has 1 fully saturated rings. The van der Waals surface area contributed by atoms with E-state index in [1.54, 1.807) is 35.5 Å². The Labute approximate surface area is 133 Å². The van der Waals surface area contributed by atoms with E-state index in [1.807, 2.05) is 0 Å². The monoisotopic (exact) mass is 315 g/mol. The van der Waals surface area contributed by atoms with Crippen LogP contribution in [0.5, 0.6) is 17.2 Å². The highest BCUT2D eigenvalue weighted by Crippen LogP contribution is 2.29. The molecule has 0 unspecified atom stereocenters. The molecule has 0 atom stereocenters. The van der Waals surface area contributed by atoms with Crippen LogP contribution in [0.15, 0.2) is 42.7 Å². The molecule has 3 rings (SSSR count). The number of nitrogens with zero attached hydrogens (tertiary/aromatic N) is 2. The zero-order chi connectivity index (χ0) is 16.2. The van der Waals surface area contributed by atoms with E-state index in [4.69, 9.17) is 4.74 Å². The molecule has 1 aromatic heterocycles. The van der Waals surface area contributed by atoms with E-state index in [1.165, 1.54) is 12.1 Å². The number of ether oxygens (including phenoxy) is 1. The van der Waals surface area contributed by atoms with E-state index in [0.29, 0.717) is 31.1 Å². The van der Waals surface area contributed by atoms with Gasteiger partial charge < -0.3 is 25.2 Å². The Hall–Kier alpha value is -2.96. The van der Waals surface area contributed by atoms with Crippen LogP contribution in [0.25, 0.3) is 0 Å². The van der Waals surface area contributed by atoms with E-state index in [0.717, 1.165) is 0 Å². The zero-order valence-electron chi connectivity index (χ0n) is 12.3. The number of phenols is 2. The summed E-state index contributed by atoms with van der Waals surface area (Å²) in [6.45, 7) is 1.66. The summed E-state index contributed by atoms with van der Waals surface area (Å²) in [5.74, 6) is 0.331. The number of aromatic nitrogens is 1. The number of benzene rings is 1. The third-order valence-electron chi connectivity index (χ3n) is 3.59. The minimum Gasteiger partial charge on any atom is -0.504 e. The lowest BCUT2D eigenvalue weighted by Crippen LogP contribution is -2.53. The van der Waals surface area contributed by atoms with Crippen molar-refractivity contribution in [3.05, 3.63) is 42.7 Å². The fraction of sp³-hybridized carbons (Fsp3) is 0.250. The third-order valence-corrected chi connectivity index (χ3v) is 3.59. The summed E-state index contributed by atoms with van der Waals surface area (Å²) in [7, 11) is 0. The number of urea groups is 1. The first-order valence-electron chi connectivity index (χ1n) is 7.22. The molecule has 23 heavy (non-hydrogen) atoms. The molecule has 0 aliphatic carbocycles. The van der Waals surface area contributed by atoms with Gasteiger partial charge in [-0.15, -0.1) is 0 Å². The van der Waals surface area contributed by atoms with Crippen molar-refractivity contribution >= 4 is 11.7 Å². The number of nitrogens with one attached hydrogen (secondary N) is 1. The summed E-state index contributed by atoms with van der Waals surface area (Å²) in [5, 5.41) is 21.4. The number of pyridine rings is 1. The molecule has 2 heterocycles. The fourth-order valence-corrected chi connectivity index (χ4v) is 2.29. The predicted octanol–water partition coefficient (Wildman–Crippen LogP) is 2.04. The van der Waals surface area contributed by atoms with Crippen molar-refractivity contribution in [1.29, 1.82) is 0 Å². The van der Waals surface area contributed by atoms with Gasteiger partial charge >= 0.3 is 6.03 Å². The number of rotatable bonds is 4. The second kappa shape index (κ2) is 6.43.